The minimum absolute atomic E-state index is 0.0677. The van der Waals surface area contributed by atoms with Crippen LogP contribution in [0.15, 0.2) is 22.7 Å². The fraction of sp³-hybridized carbons (Fsp3) is 0.429. The molecule has 4 N–H and O–H groups in total. The molecule has 0 radical (unpaired) electrons. The third-order valence-electron chi connectivity index (χ3n) is 2.92. The van der Waals surface area contributed by atoms with E-state index in [1.165, 1.54) is 0 Å². The first kappa shape index (κ1) is 16.5. The average molecular weight is 342 g/mol. The maximum atomic E-state index is 11.9. The second kappa shape index (κ2) is 7.89. The third kappa shape index (κ3) is 5.21. The highest BCUT2D eigenvalue weighted by Gasteiger charge is 2.11. The zero-order valence-corrected chi connectivity index (χ0v) is 13.3. The van der Waals surface area contributed by atoms with Crippen molar-refractivity contribution in [3.8, 4) is 0 Å². The lowest BCUT2D eigenvalue weighted by Crippen LogP contribution is -2.35. The van der Waals surface area contributed by atoms with E-state index in [9.17, 15) is 9.59 Å². The highest BCUT2D eigenvalue weighted by molar-refractivity contribution is 9.10. The number of nitrogen functional groups attached to an aromatic ring is 1. The maximum Gasteiger partial charge on any atom is 0.253 e. The van der Waals surface area contributed by atoms with Crippen molar-refractivity contribution in [1.82, 2.24) is 10.6 Å². The van der Waals surface area contributed by atoms with Crippen LogP contribution < -0.4 is 16.4 Å². The number of nitrogens with two attached hydrogens (primary N) is 1. The Morgan fingerprint density at radius 1 is 1.40 bits per heavy atom. The van der Waals surface area contributed by atoms with Crippen molar-refractivity contribution < 1.29 is 9.59 Å². The van der Waals surface area contributed by atoms with E-state index in [2.05, 4.69) is 26.6 Å². The Hall–Kier alpha value is -1.56. The van der Waals surface area contributed by atoms with Crippen LogP contribution in [0.3, 0.4) is 0 Å². The molecule has 0 aliphatic heterocycles. The predicted octanol–water partition coefficient (Wildman–Crippen LogP) is 2.07. The smallest absolute Gasteiger partial charge is 0.253 e. The van der Waals surface area contributed by atoms with Gasteiger partial charge in [-0.1, -0.05) is 22.9 Å². The van der Waals surface area contributed by atoms with Gasteiger partial charge in [0.1, 0.15) is 0 Å². The molecule has 0 aliphatic carbocycles. The van der Waals surface area contributed by atoms with Gasteiger partial charge in [-0.3, -0.25) is 9.59 Å². The van der Waals surface area contributed by atoms with Crippen LogP contribution in [0, 0.1) is 0 Å². The van der Waals surface area contributed by atoms with E-state index < -0.39 is 0 Å². The van der Waals surface area contributed by atoms with Gasteiger partial charge in [-0.15, -0.1) is 0 Å². The fourth-order valence-corrected chi connectivity index (χ4v) is 1.92. The quantitative estimate of drug-likeness (QED) is 0.692. The van der Waals surface area contributed by atoms with E-state index in [0.717, 1.165) is 10.9 Å². The minimum Gasteiger partial charge on any atom is -0.398 e. The third-order valence-corrected chi connectivity index (χ3v) is 3.41. The van der Waals surface area contributed by atoms with E-state index in [1.54, 1.807) is 18.2 Å². The molecular weight excluding hydrogens is 322 g/mol. The zero-order chi connectivity index (χ0) is 15.1. The standard InChI is InChI=1S/C14H20BrN3O2/c1-3-9(2)18-13(19)6-7-17-14(20)11-8-10(15)4-5-12(11)16/h4-5,8-9H,3,6-7,16H2,1-2H3,(H,17,20)(H,18,19). The first-order valence-corrected chi connectivity index (χ1v) is 7.36. The summed E-state index contributed by atoms with van der Waals surface area (Å²) in [6.45, 7) is 4.23. The molecule has 1 unspecified atom stereocenters. The van der Waals surface area contributed by atoms with E-state index in [0.29, 0.717) is 11.3 Å². The molecule has 6 heteroatoms. The molecule has 5 nitrogen and oxygen atoms in total. The number of amides is 2. The lowest BCUT2D eigenvalue weighted by Gasteiger charge is -2.12. The summed E-state index contributed by atoms with van der Waals surface area (Å²) >= 11 is 3.29. The van der Waals surface area contributed by atoms with E-state index >= 15 is 0 Å². The Kier molecular flexibility index (Phi) is 6.51. The molecule has 0 saturated carbocycles. The summed E-state index contributed by atoms with van der Waals surface area (Å²) in [6.07, 6.45) is 1.14. The Bertz CT molecular complexity index is 491. The van der Waals surface area contributed by atoms with Gasteiger partial charge in [-0.2, -0.15) is 0 Å². The molecule has 110 valence electrons. The van der Waals surface area contributed by atoms with Gasteiger partial charge < -0.3 is 16.4 Å². The van der Waals surface area contributed by atoms with Crippen LogP contribution in [0.2, 0.25) is 0 Å². The highest BCUT2D eigenvalue weighted by Crippen LogP contribution is 2.18. The summed E-state index contributed by atoms with van der Waals surface area (Å²) in [6, 6.07) is 5.24. The molecule has 0 bridgehead atoms. The Labute approximate surface area is 127 Å². The predicted molar refractivity (Wildman–Crippen MR) is 83.4 cm³/mol. The lowest BCUT2D eigenvalue weighted by molar-refractivity contribution is -0.121. The van der Waals surface area contributed by atoms with Gasteiger partial charge in [0.2, 0.25) is 5.91 Å². The number of hydrogen-bond donors (Lipinski definition) is 3. The summed E-state index contributed by atoms with van der Waals surface area (Å²) in [5.74, 6) is -0.345. The van der Waals surface area contributed by atoms with Gasteiger partial charge in [0, 0.05) is 29.2 Å². The lowest BCUT2D eigenvalue weighted by atomic mass is 10.1. The van der Waals surface area contributed by atoms with Crippen molar-refractivity contribution >= 4 is 33.4 Å². The van der Waals surface area contributed by atoms with Gasteiger partial charge in [0.25, 0.3) is 5.91 Å². The Balaban J connectivity index is 2.44. The van der Waals surface area contributed by atoms with Crippen molar-refractivity contribution in [2.24, 2.45) is 0 Å². The fourth-order valence-electron chi connectivity index (χ4n) is 1.56. The summed E-state index contributed by atoms with van der Waals surface area (Å²) in [4.78, 5) is 23.5. The summed E-state index contributed by atoms with van der Waals surface area (Å²) < 4.78 is 0.784. The molecule has 1 aromatic rings. The molecule has 0 aliphatic rings. The van der Waals surface area contributed by atoms with Crippen LogP contribution in [0.4, 0.5) is 5.69 Å². The molecule has 0 saturated heterocycles. The van der Waals surface area contributed by atoms with E-state index in [-0.39, 0.29) is 30.8 Å². The molecule has 0 fully saturated rings. The second-order valence-electron chi connectivity index (χ2n) is 4.61. The van der Waals surface area contributed by atoms with Crippen molar-refractivity contribution in [2.45, 2.75) is 32.7 Å². The largest absolute Gasteiger partial charge is 0.398 e. The van der Waals surface area contributed by atoms with Crippen LogP contribution in [-0.4, -0.2) is 24.4 Å². The van der Waals surface area contributed by atoms with Crippen molar-refractivity contribution in [3.05, 3.63) is 28.2 Å². The van der Waals surface area contributed by atoms with Crippen molar-refractivity contribution in [2.75, 3.05) is 12.3 Å². The zero-order valence-electron chi connectivity index (χ0n) is 11.7. The number of hydrogen-bond acceptors (Lipinski definition) is 3. The molecule has 1 rings (SSSR count). The summed E-state index contributed by atoms with van der Waals surface area (Å²) in [5.41, 5.74) is 6.56. The normalized spacial score (nSPS) is 11.8. The molecule has 0 heterocycles. The van der Waals surface area contributed by atoms with Crippen LogP contribution >= 0.6 is 15.9 Å². The van der Waals surface area contributed by atoms with Crippen molar-refractivity contribution in [1.29, 1.82) is 0 Å². The second-order valence-corrected chi connectivity index (χ2v) is 5.53. The number of carbonyl (C=O) groups excluding carboxylic acids is 2. The van der Waals surface area contributed by atoms with E-state index in [4.69, 9.17) is 5.73 Å². The van der Waals surface area contributed by atoms with Gasteiger partial charge in [0.15, 0.2) is 0 Å². The molecule has 1 atom stereocenters. The van der Waals surface area contributed by atoms with Crippen LogP contribution in [0.25, 0.3) is 0 Å². The number of carbonyl (C=O) groups is 2. The van der Waals surface area contributed by atoms with Gasteiger partial charge in [-0.05, 0) is 31.5 Å². The number of benzene rings is 1. The van der Waals surface area contributed by atoms with Crippen LogP contribution in [-0.2, 0) is 4.79 Å². The summed E-state index contributed by atoms with van der Waals surface area (Å²) in [7, 11) is 0. The van der Waals surface area contributed by atoms with Crippen molar-refractivity contribution in [3.63, 3.8) is 0 Å². The van der Waals surface area contributed by atoms with Crippen LogP contribution in [0.1, 0.15) is 37.0 Å². The molecule has 1 aromatic carbocycles. The Morgan fingerprint density at radius 3 is 2.75 bits per heavy atom. The first-order valence-electron chi connectivity index (χ1n) is 6.56. The number of anilines is 1. The first-order chi connectivity index (χ1) is 9.43. The molecule has 2 amide bonds. The average Bonchev–Trinajstić information content (AvgIpc) is 2.41. The van der Waals surface area contributed by atoms with E-state index in [1.807, 2.05) is 13.8 Å². The topological polar surface area (TPSA) is 84.2 Å². The van der Waals surface area contributed by atoms with Gasteiger partial charge in [0.05, 0.1) is 5.56 Å². The molecule has 0 aromatic heterocycles. The molecular formula is C14H20BrN3O2. The summed E-state index contributed by atoms with van der Waals surface area (Å²) in [5, 5.41) is 5.53. The SMILES string of the molecule is CCC(C)NC(=O)CCNC(=O)c1cc(Br)ccc1N. The number of nitrogens with one attached hydrogen (secondary N) is 2. The Morgan fingerprint density at radius 2 is 2.10 bits per heavy atom. The highest BCUT2D eigenvalue weighted by atomic mass is 79.9. The monoisotopic (exact) mass is 341 g/mol. The number of rotatable bonds is 6. The molecule has 0 spiro atoms. The molecule has 20 heavy (non-hydrogen) atoms. The maximum absolute atomic E-state index is 11.9. The van der Waals surface area contributed by atoms with Crippen LogP contribution in [0.5, 0.6) is 0 Å². The van der Waals surface area contributed by atoms with Gasteiger partial charge >= 0.3 is 0 Å². The number of halogens is 1. The van der Waals surface area contributed by atoms with Gasteiger partial charge in [-0.25, -0.2) is 0 Å². The minimum atomic E-state index is -0.278.